The predicted octanol–water partition coefficient (Wildman–Crippen LogP) is 2.65. The number of nitrogens with zero attached hydrogens (tertiary/aromatic N) is 4. The van der Waals surface area contributed by atoms with Gasteiger partial charge in [0.05, 0.1) is 11.8 Å². The molecule has 6 heteroatoms. The molecule has 0 bridgehead atoms. The number of piperidine rings is 1. The van der Waals surface area contributed by atoms with E-state index in [-0.39, 0.29) is 11.5 Å². The first-order valence-electron chi connectivity index (χ1n) is 9.28. The van der Waals surface area contributed by atoms with Crippen LogP contribution in [0.4, 0.5) is 0 Å². The van der Waals surface area contributed by atoms with Crippen LogP contribution in [0.25, 0.3) is 10.9 Å². The molecule has 0 unspecified atom stereocenters. The maximum Gasteiger partial charge on any atom is 0.272 e. The summed E-state index contributed by atoms with van der Waals surface area (Å²) in [7, 11) is 0. The summed E-state index contributed by atoms with van der Waals surface area (Å²) in [6, 6.07) is 11.5. The summed E-state index contributed by atoms with van der Waals surface area (Å²) >= 11 is 0. The summed E-state index contributed by atoms with van der Waals surface area (Å²) in [6.45, 7) is 3.81. The van der Waals surface area contributed by atoms with Crippen LogP contribution in [0, 0.1) is 12.8 Å². The Bertz CT molecular complexity index is 1040. The van der Waals surface area contributed by atoms with E-state index < -0.39 is 0 Å². The molecule has 1 saturated heterocycles. The highest BCUT2D eigenvalue weighted by atomic mass is 16.2. The molecular weight excluding hydrogens is 340 g/mol. The minimum atomic E-state index is -0.0198. The third-order valence-corrected chi connectivity index (χ3v) is 5.25. The summed E-state index contributed by atoms with van der Waals surface area (Å²) in [5.74, 6) is 0.355. The van der Waals surface area contributed by atoms with Gasteiger partial charge in [-0.15, -0.1) is 0 Å². The minimum Gasteiger partial charge on any atom is -0.337 e. The summed E-state index contributed by atoms with van der Waals surface area (Å²) in [6.07, 6.45) is 4.95. The van der Waals surface area contributed by atoms with Crippen molar-refractivity contribution in [2.75, 3.05) is 13.1 Å². The Kier molecular flexibility index (Phi) is 4.71. The van der Waals surface area contributed by atoms with E-state index in [9.17, 15) is 9.59 Å². The van der Waals surface area contributed by atoms with Gasteiger partial charge in [-0.1, -0.05) is 24.3 Å². The van der Waals surface area contributed by atoms with Crippen LogP contribution in [-0.4, -0.2) is 38.4 Å². The zero-order valence-corrected chi connectivity index (χ0v) is 15.3. The van der Waals surface area contributed by atoms with E-state index in [0.29, 0.717) is 36.8 Å². The summed E-state index contributed by atoms with van der Waals surface area (Å²) in [5.41, 5.74) is 2.01. The van der Waals surface area contributed by atoms with E-state index in [4.69, 9.17) is 0 Å². The number of likely N-dealkylation sites (tertiary alicyclic amines) is 1. The number of benzene rings is 1. The van der Waals surface area contributed by atoms with Gasteiger partial charge >= 0.3 is 0 Å². The third kappa shape index (κ3) is 3.60. The second-order valence-electron chi connectivity index (χ2n) is 7.16. The fourth-order valence-corrected chi connectivity index (χ4v) is 3.63. The molecule has 3 aromatic rings. The highest BCUT2D eigenvalue weighted by molar-refractivity contribution is 5.94. The smallest absolute Gasteiger partial charge is 0.272 e. The maximum absolute atomic E-state index is 12.8. The Labute approximate surface area is 157 Å². The molecule has 2 aromatic heterocycles. The third-order valence-electron chi connectivity index (χ3n) is 5.25. The lowest BCUT2D eigenvalue weighted by Crippen LogP contribution is -2.40. The monoisotopic (exact) mass is 362 g/mol. The molecular formula is C21H22N4O2. The molecule has 27 heavy (non-hydrogen) atoms. The molecule has 1 aromatic carbocycles. The van der Waals surface area contributed by atoms with Gasteiger partial charge in [0.2, 0.25) is 0 Å². The largest absolute Gasteiger partial charge is 0.337 e. The topological polar surface area (TPSA) is 68.1 Å². The molecule has 138 valence electrons. The summed E-state index contributed by atoms with van der Waals surface area (Å²) < 4.78 is 1.68. The van der Waals surface area contributed by atoms with Crippen molar-refractivity contribution in [3.63, 3.8) is 0 Å². The van der Waals surface area contributed by atoms with Crippen molar-refractivity contribution in [2.45, 2.75) is 26.3 Å². The van der Waals surface area contributed by atoms with E-state index in [2.05, 4.69) is 9.97 Å². The zero-order chi connectivity index (χ0) is 18.8. The highest BCUT2D eigenvalue weighted by Gasteiger charge is 2.25. The number of carbonyl (C=O) groups excluding carboxylic acids is 1. The average Bonchev–Trinajstić information content (AvgIpc) is 2.71. The molecule has 3 heterocycles. The van der Waals surface area contributed by atoms with E-state index >= 15 is 0 Å². The lowest BCUT2D eigenvalue weighted by Gasteiger charge is -2.32. The Hall–Kier alpha value is -3.02. The number of fused-ring (bicyclic) bond motifs is 1. The van der Waals surface area contributed by atoms with Crippen LogP contribution in [0.5, 0.6) is 0 Å². The van der Waals surface area contributed by atoms with Crippen molar-refractivity contribution >= 4 is 16.8 Å². The first kappa shape index (κ1) is 17.4. The van der Waals surface area contributed by atoms with Gasteiger partial charge in [0.25, 0.3) is 11.5 Å². The van der Waals surface area contributed by atoms with Gasteiger partial charge in [-0.3, -0.25) is 14.2 Å². The van der Waals surface area contributed by atoms with Gasteiger partial charge in [0, 0.05) is 36.8 Å². The van der Waals surface area contributed by atoms with Crippen molar-refractivity contribution in [3.05, 3.63) is 70.5 Å². The zero-order valence-electron chi connectivity index (χ0n) is 15.3. The number of hydrogen-bond acceptors (Lipinski definition) is 4. The minimum absolute atomic E-state index is 0.0175. The first-order chi connectivity index (χ1) is 13.1. The van der Waals surface area contributed by atoms with Crippen molar-refractivity contribution in [1.82, 2.24) is 19.4 Å². The molecule has 0 radical (unpaired) electrons. The fourth-order valence-electron chi connectivity index (χ4n) is 3.63. The van der Waals surface area contributed by atoms with Gasteiger partial charge < -0.3 is 4.90 Å². The highest BCUT2D eigenvalue weighted by Crippen LogP contribution is 2.21. The van der Waals surface area contributed by atoms with Crippen LogP contribution in [0.2, 0.25) is 0 Å². The number of pyridine rings is 1. The van der Waals surface area contributed by atoms with Crippen LogP contribution in [0.15, 0.2) is 53.7 Å². The number of amides is 1. The number of rotatable bonds is 3. The molecule has 0 atom stereocenters. The SMILES string of the molecule is Cc1cncn(CC2CCN(C(=O)c3ccc4ccccc4n3)CC2)c1=O. The quantitative estimate of drug-likeness (QED) is 0.718. The second kappa shape index (κ2) is 7.31. The number of hydrogen-bond donors (Lipinski definition) is 0. The number of aromatic nitrogens is 3. The predicted molar refractivity (Wildman–Crippen MR) is 104 cm³/mol. The molecule has 1 aliphatic heterocycles. The van der Waals surface area contributed by atoms with Gasteiger partial charge in [-0.25, -0.2) is 9.97 Å². The molecule has 0 spiro atoms. The Morgan fingerprint density at radius 1 is 1.15 bits per heavy atom. The van der Waals surface area contributed by atoms with Crippen LogP contribution >= 0.6 is 0 Å². The number of aryl methyl sites for hydroxylation is 1. The van der Waals surface area contributed by atoms with Gasteiger partial charge in [-0.2, -0.15) is 0 Å². The number of para-hydroxylation sites is 1. The molecule has 1 aliphatic rings. The molecule has 0 N–H and O–H groups in total. The van der Waals surface area contributed by atoms with E-state index in [1.165, 1.54) is 0 Å². The van der Waals surface area contributed by atoms with Crippen molar-refractivity contribution in [1.29, 1.82) is 0 Å². The number of carbonyl (C=O) groups is 1. The summed E-state index contributed by atoms with van der Waals surface area (Å²) in [5, 5.41) is 1.03. The van der Waals surface area contributed by atoms with Crippen molar-refractivity contribution in [2.24, 2.45) is 5.92 Å². The van der Waals surface area contributed by atoms with Crippen LogP contribution in [0.3, 0.4) is 0 Å². The molecule has 1 amide bonds. The molecule has 0 saturated carbocycles. The molecule has 6 nitrogen and oxygen atoms in total. The Morgan fingerprint density at radius 3 is 2.74 bits per heavy atom. The Balaban J connectivity index is 1.41. The van der Waals surface area contributed by atoms with Crippen LogP contribution < -0.4 is 5.56 Å². The Morgan fingerprint density at radius 2 is 1.93 bits per heavy atom. The van der Waals surface area contributed by atoms with E-state index in [1.807, 2.05) is 35.2 Å². The lowest BCUT2D eigenvalue weighted by atomic mass is 9.96. The van der Waals surface area contributed by atoms with E-state index in [1.54, 1.807) is 30.1 Å². The van der Waals surface area contributed by atoms with Crippen LogP contribution in [-0.2, 0) is 6.54 Å². The van der Waals surface area contributed by atoms with Gasteiger partial charge in [0.1, 0.15) is 5.69 Å². The van der Waals surface area contributed by atoms with Crippen LogP contribution in [0.1, 0.15) is 28.9 Å². The first-order valence-corrected chi connectivity index (χ1v) is 9.28. The normalized spacial score (nSPS) is 15.2. The standard InChI is InChI=1S/C21H22N4O2/c1-15-12-22-14-25(20(15)26)13-16-8-10-24(11-9-16)21(27)19-7-6-17-4-2-3-5-18(17)23-19/h2-7,12,14,16H,8-11,13H2,1H3. The van der Waals surface area contributed by atoms with Crippen molar-refractivity contribution < 1.29 is 4.79 Å². The maximum atomic E-state index is 12.8. The van der Waals surface area contributed by atoms with E-state index in [0.717, 1.165) is 23.7 Å². The van der Waals surface area contributed by atoms with Gasteiger partial charge in [0.15, 0.2) is 0 Å². The molecule has 1 fully saturated rings. The van der Waals surface area contributed by atoms with Gasteiger partial charge in [-0.05, 0) is 37.8 Å². The summed E-state index contributed by atoms with van der Waals surface area (Å²) in [4.78, 5) is 35.5. The fraction of sp³-hybridized carbons (Fsp3) is 0.333. The second-order valence-corrected chi connectivity index (χ2v) is 7.16. The van der Waals surface area contributed by atoms with Crippen molar-refractivity contribution in [3.8, 4) is 0 Å². The average molecular weight is 362 g/mol. The molecule has 0 aliphatic carbocycles. The lowest BCUT2D eigenvalue weighted by molar-refractivity contribution is 0.0676. The molecule has 4 rings (SSSR count).